The molecule has 1 atom stereocenters. The fraction of sp³-hybridized carbons (Fsp3) is 0.195. The van der Waals surface area contributed by atoms with Gasteiger partial charge >= 0.3 is 6.18 Å². The van der Waals surface area contributed by atoms with Crippen molar-refractivity contribution in [1.29, 1.82) is 0 Å². The highest BCUT2D eigenvalue weighted by atomic mass is 19.4. The average Bonchev–Trinajstić information content (AvgIpc) is 3.15. The maximum atomic E-state index is 14.6. The summed E-state index contributed by atoms with van der Waals surface area (Å²) in [6, 6.07) is 32.5. The highest BCUT2D eigenvalue weighted by molar-refractivity contribution is 5.96. The zero-order valence-corrected chi connectivity index (χ0v) is 27.5. The van der Waals surface area contributed by atoms with Crippen LogP contribution >= 0.6 is 0 Å². The molecule has 2 heterocycles. The molecule has 0 unspecified atom stereocenters. The molecule has 4 aromatic carbocycles. The molecule has 9 heteroatoms. The molecule has 6 rings (SSSR count). The minimum atomic E-state index is -4.47. The van der Waals surface area contributed by atoms with E-state index in [0.29, 0.717) is 30.8 Å². The number of fused-ring (bicyclic) bond motifs is 1. The Labute approximate surface area is 289 Å². The standard InChI is InChI=1S/C41H36F3N3O3/c1-50-38-12-7-10-32-23-25-46(28-35(32)38)40(49)37(26-30-8-3-2-4-9-30)47(27-31-13-18-33(19-14-31)36-11-5-6-24-45-36)39(48)22-17-29-15-20-34(21-16-29)41(42,43)44/h2-22,24,37H,23,25-28H2,1H3/t37-/m0/s1. The summed E-state index contributed by atoms with van der Waals surface area (Å²) < 4.78 is 45.1. The average molecular weight is 676 g/mol. The van der Waals surface area contributed by atoms with E-state index in [9.17, 15) is 22.8 Å². The SMILES string of the molecule is COc1cccc2c1CN(C(=O)[C@H](Cc1ccccc1)N(Cc1ccc(-c3ccccn3)cc1)C(=O)C=Cc1ccc(C(F)(F)F)cc1)CC2. The van der Waals surface area contributed by atoms with Crippen LogP contribution in [0.15, 0.2) is 128 Å². The maximum absolute atomic E-state index is 14.6. The van der Waals surface area contributed by atoms with Crippen molar-refractivity contribution in [3.8, 4) is 17.0 Å². The topological polar surface area (TPSA) is 62.7 Å². The molecule has 0 spiro atoms. The van der Waals surface area contributed by atoms with Gasteiger partial charge in [-0.05, 0) is 65.1 Å². The first-order chi connectivity index (χ1) is 24.2. The van der Waals surface area contributed by atoms with Crippen LogP contribution in [0.4, 0.5) is 13.2 Å². The van der Waals surface area contributed by atoms with Crippen LogP contribution in [-0.4, -0.2) is 46.3 Å². The Hall–Kier alpha value is -5.70. The number of aromatic nitrogens is 1. The minimum Gasteiger partial charge on any atom is -0.496 e. The van der Waals surface area contributed by atoms with Crippen molar-refractivity contribution in [2.45, 2.75) is 38.1 Å². The molecule has 6 nitrogen and oxygen atoms in total. The van der Waals surface area contributed by atoms with Gasteiger partial charge in [-0.2, -0.15) is 13.2 Å². The van der Waals surface area contributed by atoms with Crippen LogP contribution in [0.3, 0.4) is 0 Å². The van der Waals surface area contributed by atoms with E-state index in [0.717, 1.165) is 45.6 Å². The predicted molar refractivity (Wildman–Crippen MR) is 187 cm³/mol. The summed E-state index contributed by atoms with van der Waals surface area (Å²) in [5.74, 6) is 0.0646. The number of rotatable bonds is 10. The first-order valence-electron chi connectivity index (χ1n) is 16.3. The molecule has 254 valence electrons. The smallest absolute Gasteiger partial charge is 0.416 e. The van der Waals surface area contributed by atoms with E-state index in [-0.39, 0.29) is 18.9 Å². The number of hydrogen-bond acceptors (Lipinski definition) is 4. The largest absolute Gasteiger partial charge is 0.496 e. The van der Waals surface area contributed by atoms with Gasteiger partial charge in [-0.3, -0.25) is 14.6 Å². The van der Waals surface area contributed by atoms with Crippen molar-refractivity contribution < 1.29 is 27.5 Å². The van der Waals surface area contributed by atoms with Crippen molar-refractivity contribution in [1.82, 2.24) is 14.8 Å². The Morgan fingerprint density at radius 3 is 2.30 bits per heavy atom. The van der Waals surface area contributed by atoms with Crippen LogP contribution < -0.4 is 4.74 Å². The number of methoxy groups -OCH3 is 1. The van der Waals surface area contributed by atoms with Crippen molar-refractivity contribution >= 4 is 17.9 Å². The second-order valence-corrected chi connectivity index (χ2v) is 12.1. The van der Waals surface area contributed by atoms with Crippen molar-refractivity contribution in [2.75, 3.05) is 13.7 Å². The lowest BCUT2D eigenvalue weighted by Gasteiger charge is -2.37. The molecule has 0 N–H and O–H groups in total. The lowest BCUT2D eigenvalue weighted by molar-refractivity contribution is -0.144. The Bertz CT molecular complexity index is 1930. The number of carbonyl (C=O) groups excluding carboxylic acids is 2. The predicted octanol–water partition coefficient (Wildman–Crippen LogP) is 8.01. The van der Waals surface area contributed by atoms with E-state index in [1.54, 1.807) is 23.1 Å². The molecule has 0 fully saturated rings. The fourth-order valence-electron chi connectivity index (χ4n) is 6.21. The van der Waals surface area contributed by atoms with Crippen molar-refractivity contribution in [3.05, 3.63) is 161 Å². The van der Waals surface area contributed by atoms with Crippen LogP contribution in [0.1, 0.15) is 33.4 Å². The number of benzene rings is 4. The molecule has 0 saturated carbocycles. The summed E-state index contributed by atoms with van der Waals surface area (Å²) in [6.45, 7) is 0.938. The molecule has 0 aliphatic carbocycles. The van der Waals surface area contributed by atoms with Crippen LogP contribution in [0.5, 0.6) is 5.75 Å². The van der Waals surface area contributed by atoms with E-state index >= 15 is 0 Å². The van der Waals surface area contributed by atoms with Gasteiger partial charge in [0, 0.05) is 49.5 Å². The van der Waals surface area contributed by atoms with Gasteiger partial charge in [0.05, 0.1) is 18.4 Å². The highest BCUT2D eigenvalue weighted by Gasteiger charge is 2.35. The Morgan fingerprint density at radius 1 is 0.880 bits per heavy atom. The second kappa shape index (κ2) is 15.2. The molecule has 0 bridgehead atoms. The third-order valence-corrected chi connectivity index (χ3v) is 8.90. The van der Waals surface area contributed by atoms with E-state index in [1.807, 2.05) is 91.0 Å². The first kappa shape index (κ1) is 34.2. The quantitative estimate of drug-likeness (QED) is 0.141. The molecule has 1 aromatic heterocycles. The third kappa shape index (κ3) is 8.11. The fourth-order valence-corrected chi connectivity index (χ4v) is 6.21. The number of alkyl halides is 3. The van der Waals surface area contributed by atoms with Crippen molar-refractivity contribution in [3.63, 3.8) is 0 Å². The monoisotopic (exact) mass is 675 g/mol. The number of carbonyl (C=O) groups is 2. The molecular formula is C41H36F3N3O3. The molecule has 50 heavy (non-hydrogen) atoms. The number of ether oxygens (including phenoxy) is 1. The summed E-state index contributed by atoms with van der Waals surface area (Å²) in [6.07, 6.45) is 0.969. The van der Waals surface area contributed by atoms with Gasteiger partial charge in [0.25, 0.3) is 0 Å². The van der Waals surface area contributed by atoms with Gasteiger partial charge in [0.1, 0.15) is 11.8 Å². The summed E-state index contributed by atoms with van der Waals surface area (Å²) in [5.41, 5.74) is 5.12. The molecule has 0 saturated heterocycles. The van der Waals surface area contributed by atoms with Gasteiger partial charge in [0.2, 0.25) is 11.8 Å². The van der Waals surface area contributed by atoms with Gasteiger partial charge < -0.3 is 14.5 Å². The molecule has 1 aliphatic heterocycles. The molecule has 1 aliphatic rings. The normalized spacial score (nSPS) is 13.5. The highest BCUT2D eigenvalue weighted by Crippen LogP contribution is 2.31. The van der Waals surface area contributed by atoms with Gasteiger partial charge in [-0.25, -0.2) is 0 Å². The maximum Gasteiger partial charge on any atom is 0.416 e. The zero-order chi connectivity index (χ0) is 35.1. The van der Waals surface area contributed by atoms with Crippen LogP contribution in [-0.2, 0) is 41.7 Å². The van der Waals surface area contributed by atoms with E-state index in [1.165, 1.54) is 24.3 Å². The second-order valence-electron chi connectivity index (χ2n) is 12.1. The van der Waals surface area contributed by atoms with Gasteiger partial charge in [-0.1, -0.05) is 84.9 Å². The number of halogens is 3. The van der Waals surface area contributed by atoms with Crippen molar-refractivity contribution in [2.24, 2.45) is 0 Å². The van der Waals surface area contributed by atoms with Crippen LogP contribution in [0.2, 0.25) is 0 Å². The number of pyridine rings is 1. The summed E-state index contributed by atoms with van der Waals surface area (Å²) in [5, 5.41) is 0. The van der Waals surface area contributed by atoms with Gasteiger partial charge in [0.15, 0.2) is 0 Å². The molecule has 5 aromatic rings. The number of hydrogen-bond donors (Lipinski definition) is 0. The lowest BCUT2D eigenvalue weighted by Crippen LogP contribution is -2.52. The first-order valence-corrected chi connectivity index (χ1v) is 16.3. The lowest BCUT2D eigenvalue weighted by atomic mass is 9.96. The summed E-state index contributed by atoms with van der Waals surface area (Å²) >= 11 is 0. The third-order valence-electron chi connectivity index (χ3n) is 8.90. The minimum absolute atomic E-state index is 0.121. The zero-order valence-electron chi connectivity index (χ0n) is 27.5. The van der Waals surface area contributed by atoms with E-state index < -0.39 is 23.7 Å². The molecule has 0 radical (unpaired) electrons. The molecular weight excluding hydrogens is 639 g/mol. The number of amides is 2. The van der Waals surface area contributed by atoms with Crippen LogP contribution in [0.25, 0.3) is 17.3 Å². The van der Waals surface area contributed by atoms with E-state index in [2.05, 4.69) is 4.98 Å². The molecule has 2 amide bonds. The summed E-state index contributed by atoms with van der Waals surface area (Å²) in [4.78, 5) is 36.6. The number of nitrogens with zero attached hydrogens (tertiary/aromatic N) is 3. The van der Waals surface area contributed by atoms with Crippen LogP contribution in [0, 0.1) is 0 Å². The summed E-state index contributed by atoms with van der Waals surface area (Å²) in [7, 11) is 1.61. The Balaban J connectivity index is 1.35. The Morgan fingerprint density at radius 2 is 1.62 bits per heavy atom. The Kier molecular flexibility index (Phi) is 10.4. The van der Waals surface area contributed by atoms with Gasteiger partial charge in [-0.15, -0.1) is 0 Å². The van der Waals surface area contributed by atoms with E-state index in [4.69, 9.17) is 4.74 Å².